The average molecular weight is 621 g/mol. The van der Waals surface area contributed by atoms with E-state index in [4.69, 9.17) is 24.3 Å². The van der Waals surface area contributed by atoms with Crippen LogP contribution in [0.3, 0.4) is 0 Å². The van der Waals surface area contributed by atoms with Crippen LogP contribution in [0.15, 0.2) is 36.7 Å². The lowest BCUT2D eigenvalue weighted by Crippen LogP contribution is -2.46. The number of aryl methyl sites for hydroxylation is 1. The number of carboxylic acids is 1. The third-order valence-corrected chi connectivity index (χ3v) is 8.42. The molecule has 240 valence electrons. The number of carboxylic acid groups (broad SMARTS) is 1. The molecule has 0 amide bonds. The maximum Gasteiger partial charge on any atom is 0.337 e. The molecular weight excluding hydrogens is 579 g/mol. The van der Waals surface area contributed by atoms with Gasteiger partial charge in [0.25, 0.3) is 0 Å². The van der Waals surface area contributed by atoms with Gasteiger partial charge in [0.05, 0.1) is 29.6 Å². The maximum absolute atomic E-state index is 14.8. The Morgan fingerprint density at radius 2 is 1.93 bits per heavy atom. The Kier molecular flexibility index (Phi) is 8.30. The van der Waals surface area contributed by atoms with Crippen molar-refractivity contribution in [2.45, 2.75) is 84.0 Å². The molecule has 1 atom stereocenters. The van der Waals surface area contributed by atoms with Gasteiger partial charge >= 0.3 is 5.97 Å². The van der Waals surface area contributed by atoms with Crippen LogP contribution >= 0.6 is 0 Å². The van der Waals surface area contributed by atoms with Crippen LogP contribution < -0.4 is 9.64 Å². The lowest BCUT2D eigenvalue weighted by Gasteiger charge is -2.41. The van der Waals surface area contributed by atoms with Crippen molar-refractivity contribution in [1.29, 1.82) is 0 Å². The molecule has 3 aliphatic heterocycles. The second kappa shape index (κ2) is 12.1. The molecule has 1 fully saturated rings. The number of piperidine rings is 1. The van der Waals surface area contributed by atoms with E-state index in [1.165, 1.54) is 6.07 Å². The molecule has 1 unspecified atom stereocenters. The fourth-order valence-electron chi connectivity index (χ4n) is 6.10. The van der Waals surface area contributed by atoms with Gasteiger partial charge in [-0.2, -0.15) is 9.61 Å². The van der Waals surface area contributed by atoms with Crippen molar-refractivity contribution in [2.75, 3.05) is 31.2 Å². The third kappa shape index (κ3) is 6.53. The molecule has 7 rings (SSSR count). The molecule has 1 aromatic carbocycles. The van der Waals surface area contributed by atoms with E-state index in [1.807, 2.05) is 46.0 Å². The number of anilines is 1. The zero-order valence-electron chi connectivity index (χ0n) is 26.5. The molecule has 4 aromatic rings. The van der Waals surface area contributed by atoms with E-state index in [0.717, 1.165) is 36.8 Å². The first-order chi connectivity index (χ1) is 21.4. The van der Waals surface area contributed by atoms with Crippen molar-refractivity contribution in [3.63, 3.8) is 0 Å². The zero-order chi connectivity index (χ0) is 31.9. The monoisotopic (exact) mass is 620 g/mol. The van der Waals surface area contributed by atoms with Crippen molar-refractivity contribution in [3.05, 3.63) is 64.9 Å². The van der Waals surface area contributed by atoms with E-state index in [2.05, 4.69) is 16.9 Å². The predicted molar refractivity (Wildman–Crippen MR) is 166 cm³/mol. The number of ether oxygens (including phenoxy) is 3. The minimum atomic E-state index is -1.25. The van der Waals surface area contributed by atoms with Gasteiger partial charge in [-0.1, -0.05) is 12.1 Å². The standard InChI is InChI=1S/C33H41FN6O5/c1-21-27(29(31(41)42)45-32(2,3)4)30-38-13-11-33(5,12-14-38)44-16-7-6-15-43-28-23(9-8-10-24(28)34)17-22-19-35-39(20-22)26-18-25(36-21)40(30)37-26/h8-10,18-20,29H,6-7,11-17H2,1-5H3,(H,41,42). The first-order valence-corrected chi connectivity index (χ1v) is 15.5. The number of fused-ring (bicyclic) bond motifs is 7. The van der Waals surface area contributed by atoms with Crippen LogP contribution in [0.25, 0.3) is 11.5 Å². The maximum atomic E-state index is 14.8. The molecule has 45 heavy (non-hydrogen) atoms. The van der Waals surface area contributed by atoms with Gasteiger partial charge in [-0.25, -0.2) is 18.9 Å². The average Bonchev–Trinajstić information content (AvgIpc) is 3.61. The van der Waals surface area contributed by atoms with Crippen LogP contribution in [0.4, 0.5) is 10.2 Å². The lowest BCUT2D eigenvalue weighted by molar-refractivity contribution is -0.160. The van der Waals surface area contributed by atoms with Crippen molar-refractivity contribution in [1.82, 2.24) is 24.4 Å². The minimum Gasteiger partial charge on any atom is -0.490 e. The topological polar surface area (TPSA) is 116 Å². The number of nitrogens with zero attached hydrogens (tertiary/aromatic N) is 6. The van der Waals surface area contributed by atoms with E-state index in [-0.39, 0.29) is 11.4 Å². The Bertz CT molecular complexity index is 1700. The molecule has 0 aliphatic carbocycles. The summed E-state index contributed by atoms with van der Waals surface area (Å²) in [6.45, 7) is 11.7. The Labute approximate surface area is 261 Å². The number of benzene rings is 1. The fraction of sp³-hybridized carbons (Fsp3) is 0.515. The summed E-state index contributed by atoms with van der Waals surface area (Å²) in [6, 6.07) is 6.78. The van der Waals surface area contributed by atoms with Crippen LogP contribution in [0.2, 0.25) is 0 Å². The quantitative estimate of drug-likeness (QED) is 0.320. The van der Waals surface area contributed by atoms with Crippen molar-refractivity contribution < 1.29 is 28.5 Å². The van der Waals surface area contributed by atoms with Gasteiger partial charge in [0.1, 0.15) is 5.82 Å². The number of hydrogen-bond acceptors (Lipinski definition) is 8. The number of aliphatic carboxylic acids is 1. The highest BCUT2D eigenvalue weighted by molar-refractivity contribution is 5.78. The van der Waals surface area contributed by atoms with E-state index >= 15 is 0 Å². The first-order valence-electron chi connectivity index (χ1n) is 15.5. The fourth-order valence-corrected chi connectivity index (χ4v) is 6.10. The van der Waals surface area contributed by atoms with Crippen LogP contribution in [0.1, 0.15) is 81.9 Å². The molecule has 0 spiro atoms. The van der Waals surface area contributed by atoms with Crippen molar-refractivity contribution in [3.8, 4) is 11.6 Å². The van der Waals surface area contributed by atoms with Gasteiger partial charge < -0.3 is 24.2 Å². The van der Waals surface area contributed by atoms with Gasteiger partial charge in [-0.15, -0.1) is 5.10 Å². The number of hydrogen-bond donors (Lipinski definition) is 1. The summed E-state index contributed by atoms with van der Waals surface area (Å²) in [5, 5.41) is 19.9. The summed E-state index contributed by atoms with van der Waals surface area (Å²) in [6.07, 6.45) is 5.74. The molecule has 3 aliphatic rings. The summed E-state index contributed by atoms with van der Waals surface area (Å²) in [7, 11) is 0. The summed E-state index contributed by atoms with van der Waals surface area (Å²) >= 11 is 0. The molecule has 6 heterocycles. The van der Waals surface area contributed by atoms with E-state index in [0.29, 0.717) is 61.3 Å². The van der Waals surface area contributed by atoms with Crippen molar-refractivity contribution in [2.24, 2.45) is 0 Å². The third-order valence-electron chi connectivity index (χ3n) is 8.42. The van der Waals surface area contributed by atoms with Gasteiger partial charge in [-0.3, -0.25) is 0 Å². The van der Waals surface area contributed by atoms with Crippen LogP contribution in [-0.4, -0.2) is 73.0 Å². The molecule has 3 aromatic heterocycles. The van der Waals surface area contributed by atoms with Crippen LogP contribution in [0.5, 0.6) is 5.75 Å². The highest BCUT2D eigenvalue weighted by Gasteiger charge is 2.38. The SMILES string of the molecule is Cc1nc2cc3nn2c(c1C(OC(C)(C)C)C(=O)O)N1CCC(C)(CC1)OCCCCOc1c(F)cccc1Cc1cnn-3c1. The normalized spacial score (nSPS) is 18.0. The summed E-state index contributed by atoms with van der Waals surface area (Å²) in [5.41, 5.74) is 2.13. The van der Waals surface area contributed by atoms with Crippen LogP contribution in [0, 0.1) is 12.7 Å². The predicted octanol–water partition coefficient (Wildman–Crippen LogP) is 5.44. The molecule has 1 saturated heterocycles. The number of halogens is 1. The molecule has 12 heteroatoms. The Hall–Kier alpha value is -4.03. The highest BCUT2D eigenvalue weighted by atomic mass is 19.1. The van der Waals surface area contributed by atoms with Gasteiger partial charge in [0, 0.05) is 49.6 Å². The first kappa shape index (κ1) is 31.0. The summed E-state index contributed by atoms with van der Waals surface area (Å²) in [5.74, 6) is -0.0594. The number of aromatic nitrogens is 5. The van der Waals surface area contributed by atoms with Gasteiger partial charge in [0.2, 0.25) is 0 Å². The molecule has 6 bridgehead atoms. The lowest BCUT2D eigenvalue weighted by atomic mass is 9.92. The Balaban J connectivity index is 1.48. The van der Waals surface area contributed by atoms with Gasteiger partial charge in [-0.05, 0) is 71.9 Å². The zero-order valence-corrected chi connectivity index (χ0v) is 26.5. The van der Waals surface area contributed by atoms with E-state index in [1.54, 1.807) is 21.5 Å². The van der Waals surface area contributed by atoms with E-state index in [9.17, 15) is 14.3 Å². The highest BCUT2D eigenvalue weighted by Crippen LogP contribution is 2.38. The molecule has 11 nitrogen and oxygen atoms in total. The second-order valence-electron chi connectivity index (χ2n) is 13.2. The summed E-state index contributed by atoms with van der Waals surface area (Å²) < 4.78 is 36.7. The van der Waals surface area contributed by atoms with Crippen molar-refractivity contribution >= 4 is 17.4 Å². The number of para-hydroxylation sites is 1. The second-order valence-corrected chi connectivity index (χ2v) is 13.2. The van der Waals surface area contributed by atoms with E-state index < -0.39 is 23.5 Å². The minimum absolute atomic E-state index is 0.259. The number of carbonyl (C=O) groups is 1. The summed E-state index contributed by atoms with van der Waals surface area (Å²) in [4.78, 5) is 19.7. The number of rotatable bonds is 3. The largest absolute Gasteiger partial charge is 0.490 e. The Morgan fingerprint density at radius 3 is 2.67 bits per heavy atom. The molecule has 1 N–H and O–H groups in total. The molecule has 0 saturated carbocycles. The van der Waals surface area contributed by atoms with Gasteiger partial charge in [0.15, 0.2) is 29.1 Å². The smallest absolute Gasteiger partial charge is 0.337 e. The molecule has 0 radical (unpaired) electrons. The van der Waals surface area contributed by atoms with Crippen LogP contribution in [-0.2, 0) is 20.7 Å². The Morgan fingerprint density at radius 1 is 1.18 bits per heavy atom. The molecular formula is C33H41FN6O5.